The molecule has 0 radical (unpaired) electrons. The second kappa shape index (κ2) is 8.26. The highest BCUT2D eigenvalue weighted by Crippen LogP contribution is 2.40. The number of hydrogen-bond donors (Lipinski definition) is 0. The van der Waals surface area contributed by atoms with Gasteiger partial charge in [-0.3, -0.25) is 0 Å². The fourth-order valence-electron chi connectivity index (χ4n) is 2.93. The van der Waals surface area contributed by atoms with Crippen LogP contribution in [-0.4, -0.2) is 18.7 Å². The van der Waals surface area contributed by atoms with Gasteiger partial charge in [-0.1, -0.05) is 47.0 Å². The third-order valence-corrected chi connectivity index (χ3v) is 4.24. The van der Waals surface area contributed by atoms with Crippen molar-refractivity contribution in [3.8, 4) is 0 Å². The SMILES string of the molecule is CCCCC(C)CC1(CC)C=C(CC)/C(=C/C(=O)OC)O1. The van der Waals surface area contributed by atoms with E-state index in [1.54, 1.807) is 0 Å². The molecule has 1 aliphatic heterocycles. The first-order chi connectivity index (χ1) is 10.00. The lowest BCUT2D eigenvalue weighted by atomic mass is 9.86. The molecular formula is C18H30O3. The van der Waals surface area contributed by atoms with Crippen molar-refractivity contribution in [2.24, 2.45) is 5.92 Å². The molecule has 0 spiro atoms. The molecule has 0 aromatic heterocycles. The average Bonchev–Trinajstić information content (AvgIpc) is 2.83. The Morgan fingerprint density at radius 2 is 2.14 bits per heavy atom. The maximum absolute atomic E-state index is 11.5. The first kappa shape index (κ1) is 17.8. The molecular weight excluding hydrogens is 264 g/mol. The van der Waals surface area contributed by atoms with Gasteiger partial charge in [0.2, 0.25) is 0 Å². The zero-order valence-electron chi connectivity index (χ0n) is 14.2. The molecule has 0 saturated heterocycles. The van der Waals surface area contributed by atoms with E-state index in [9.17, 15) is 4.79 Å². The van der Waals surface area contributed by atoms with Gasteiger partial charge in [-0.15, -0.1) is 0 Å². The molecule has 0 amide bonds. The van der Waals surface area contributed by atoms with E-state index in [1.807, 2.05) is 0 Å². The number of rotatable bonds is 8. The Bertz CT molecular complexity index is 409. The number of hydrogen-bond acceptors (Lipinski definition) is 3. The third kappa shape index (κ3) is 4.90. The number of carbonyl (C=O) groups excluding carboxylic acids is 1. The number of ether oxygens (including phenoxy) is 2. The number of unbranched alkanes of at least 4 members (excludes halogenated alkanes) is 1. The molecule has 1 rings (SSSR count). The number of carbonyl (C=O) groups is 1. The lowest BCUT2D eigenvalue weighted by Crippen LogP contribution is -2.28. The second-order valence-corrected chi connectivity index (χ2v) is 6.03. The van der Waals surface area contributed by atoms with Crippen LogP contribution in [0.4, 0.5) is 0 Å². The van der Waals surface area contributed by atoms with Crippen LogP contribution < -0.4 is 0 Å². The minimum Gasteiger partial charge on any atom is -0.483 e. The van der Waals surface area contributed by atoms with E-state index >= 15 is 0 Å². The molecule has 0 aromatic rings. The van der Waals surface area contributed by atoms with Crippen molar-refractivity contribution in [3.05, 3.63) is 23.5 Å². The number of methoxy groups -OCH3 is 1. The van der Waals surface area contributed by atoms with E-state index in [4.69, 9.17) is 9.47 Å². The van der Waals surface area contributed by atoms with Gasteiger partial charge < -0.3 is 9.47 Å². The van der Waals surface area contributed by atoms with E-state index in [0.717, 1.165) is 24.8 Å². The highest BCUT2D eigenvalue weighted by molar-refractivity contribution is 5.83. The molecule has 0 saturated carbocycles. The van der Waals surface area contributed by atoms with E-state index in [0.29, 0.717) is 11.7 Å². The van der Waals surface area contributed by atoms with Gasteiger partial charge in [-0.05, 0) is 36.8 Å². The second-order valence-electron chi connectivity index (χ2n) is 6.03. The molecule has 0 N–H and O–H groups in total. The molecule has 21 heavy (non-hydrogen) atoms. The molecule has 0 bridgehead atoms. The van der Waals surface area contributed by atoms with Gasteiger partial charge in [0.25, 0.3) is 0 Å². The Balaban J connectivity index is 2.86. The Labute approximate surface area is 129 Å². The lowest BCUT2D eigenvalue weighted by molar-refractivity contribution is -0.135. The molecule has 120 valence electrons. The smallest absolute Gasteiger partial charge is 0.334 e. The zero-order valence-corrected chi connectivity index (χ0v) is 14.2. The molecule has 0 aromatic carbocycles. The van der Waals surface area contributed by atoms with Crippen LogP contribution in [0.15, 0.2) is 23.5 Å². The first-order valence-electron chi connectivity index (χ1n) is 8.21. The van der Waals surface area contributed by atoms with Crippen LogP contribution in [0.5, 0.6) is 0 Å². The Morgan fingerprint density at radius 1 is 1.43 bits per heavy atom. The minimum absolute atomic E-state index is 0.252. The Morgan fingerprint density at radius 3 is 2.67 bits per heavy atom. The summed E-state index contributed by atoms with van der Waals surface area (Å²) in [5, 5.41) is 0. The molecule has 0 fully saturated rings. The molecule has 3 nitrogen and oxygen atoms in total. The van der Waals surface area contributed by atoms with E-state index in [2.05, 4.69) is 33.8 Å². The van der Waals surface area contributed by atoms with Gasteiger partial charge in [0.05, 0.1) is 13.2 Å². The lowest BCUT2D eigenvalue weighted by Gasteiger charge is -2.29. The van der Waals surface area contributed by atoms with Crippen LogP contribution in [0.1, 0.15) is 66.2 Å². The standard InChI is InChI=1S/C18H30O3/c1-6-9-10-14(4)12-18(8-3)13-15(7-2)16(21-18)11-17(19)20-5/h11,13-14H,6-10,12H2,1-5H3/b16-11-. The predicted octanol–water partition coefficient (Wildman–Crippen LogP) is 4.78. The Hall–Kier alpha value is -1.25. The third-order valence-electron chi connectivity index (χ3n) is 4.24. The minimum atomic E-state index is -0.352. The van der Waals surface area contributed by atoms with Gasteiger partial charge in [0.1, 0.15) is 11.4 Å². The molecule has 1 heterocycles. The molecule has 3 heteroatoms. The highest BCUT2D eigenvalue weighted by Gasteiger charge is 2.37. The van der Waals surface area contributed by atoms with Crippen LogP contribution >= 0.6 is 0 Å². The van der Waals surface area contributed by atoms with Crippen molar-refractivity contribution in [1.82, 2.24) is 0 Å². The van der Waals surface area contributed by atoms with Gasteiger partial charge >= 0.3 is 5.97 Å². The van der Waals surface area contributed by atoms with Gasteiger partial charge in [-0.25, -0.2) is 4.79 Å². The highest BCUT2D eigenvalue weighted by atomic mass is 16.5. The summed E-state index contributed by atoms with van der Waals surface area (Å²) >= 11 is 0. The van der Waals surface area contributed by atoms with Crippen LogP contribution in [0.25, 0.3) is 0 Å². The van der Waals surface area contributed by atoms with Crippen LogP contribution in [0, 0.1) is 5.92 Å². The monoisotopic (exact) mass is 294 g/mol. The van der Waals surface area contributed by atoms with Gasteiger partial charge in [-0.2, -0.15) is 0 Å². The summed E-state index contributed by atoms with van der Waals surface area (Å²) in [5.74, 6) is 0.959. The van der Waals surface area contributed by atoms with E-state index < -0.39 is 0 Å². The fraction of sp³-hybridized carbons (Fsp3) is 0.722. The summed E-state index contributed by atoms with van der Waals surface area (Å²) in [7, 11) is 1.39. The van der Waals surface area contributed by atoms with Gasteiger partial charge in [0, 0.05) is 0 Å². The van der Waals surface area contributed by atoms with Crippen molar-refractivity contribution >= 4 is 5.97 Å². The van der Waals surface area contributed by atoms with Crippen molar-refractivity contribution in [1.29, 1.82) is 0 Å². The largest absolute Gasteiger partial charge is 0.483 e. The van der Waals surface area contributed by atoms with Crippen LogP contribution in [0.3, 0.4) is 0 Å². The van der Waals surface area contributed by atoms with Crippen molar-refractivity contribution < 1.29 is 14.3 Å². The quantitative estimate of drug-likeness (QED) is 0.477. The average molecular weight is 294 g/mol. The van der Waals surface area contributed by atoms with Crippen molar-refractivity contribution in [2.45, 2.75) is 71.8 Å². The maximum atomic E-state index is 11.5. The summed E-state index contributed by atoms with van der Waals surface area (Å²) in [5.41, 5.74) is 0.864. The molecule has 1 aliphatic rings. The van der Waals surface area contributed by atoms with Crippen LogP contribution in [-0.2, 0) is 14.3 Å². The van der Waals surface area contributed by atoms with Gasteiger partial charge in [0.15, 0.2) is 0 Å². The Kier molecular flexibility index (Phi) is 7.00. The summed E-state index contributed by atoms with van der Waals surface area (Å²) in [6.07, 6.45) is 10.2. The topological polar surface area (TPSA) is 35.5 Å². The molecule has 2 atom stereocenters. The number of allylic oxidation sites excluding steroid dienone is 1. The number of esters is 1. The van der Waals surface area contributed by atoms with E-state index in [1.165, 1.54) is 32.4 Å². The van der Waals surface area contributed by atoms with Crippen LogP contribution in [0.2, 0.25) is 0 Å². The van der Waals surface area contributed by atoms with Crippen molar-refractivity contribution in [3.63, 3.8) is 0 Å². The molecule has 2 unspecified atom stereocenters. The summed E-state index contributed by atoms with van der Waals surface area (Å²) in [4.78, 5) is 11.5. The zero-order chi connectivity index (χ0) is 15.9. The first-order valence-corrected chi connectivity index (χ1v) is 8.21. The maximum Gasteiger partial charge on any atom is 0.334 e. The molecule has 0 aliphatic carbocycles. The predicted molar refractivity (Wildman–Crippen MR) is 85.9 cm³/mol. The van der Waals surface area contributed by atoms with E-state index in [-0.39, 0.29) is 11.6 Å². The van der Waals surface area contributed by atoms with Crippen molar-refractivity contribution in [2.75, 3.05) is 7.11 Å². The summed E-state index contributed by atoms with van der Waals surface area (Å²) in [6.45, 7) is 8.75. The summed E-state index contributed by atoms with van der Waals surface area (Å²) < 4.78 is 10.9. The fourth-order valence-corrected chi connectivity index (χ4v) is 2.93. The summed E-state index contributed by atoms with van der Waals surface area (Å²) in [6, 6.07) is 0. The normalized spacial score (nSPS) is 24.6.